The number of hydrogen-bond donors (Lipinski definition) is 2. The molecule has 0 atom stereocenters. The molecule has 6 heteroatoms. The Morgan fingerprint density at radius 2 is 1.65 bits per heavy atom. The van der Waals surface area contributed by atoms with E-state index in [1.165, 1.54) is 6.42 Å². The predicted octanol–water partition coefficient (Wildman–Crippen LogP) is 3.65. The summed E-state index contributed by atoms with van der Waals surface area (Å²) in [7, 11) is 1.58. The average molecular weight is 353 g/mol. The number of urea groups is 1. The number of rotatable bonds is 4. The van der Waals surface area contributed by atoms with Gasteiger partial charge >= 0.3 is 6.03 Å². The number of carbonyl (C=O) groups is 2. The number of nitrogens with one attached hydrogen (secondary N) is 2. The summed E-state index contributed by atoms with van der Waals surface area (Å²) in [4.78, 5) is 26.9. The van der Waals surface area contributed by atoms with Crippen LogP contribution in [0.5, 0.6) is 5.75 Å². The lowest BCUT2D eigenvalue weighted by atomic mass is 10.1. The van der Waals surface area contributed by atoms with E-state index in [0.29, 0.717) is 17.0 Å². The van der Waals surface area contributed by atoms with Crippen LogP contribution in [-0.2, 0) is 0 Å². The fourth-order valence-electron chi connectivity index (χ4n) is 3.08. The van der Waals surface area contributed by atoms with E-state index in [1.807, 2.05) is 18.2 Å². The molecule has 1 aliphatic heterocycles. The molecule has 136 valence electrons. The second-order valence-electron chi connectivity index (χ2n) is 6.20. The van der Waals surface area contributed by atoms with Gasteiger partial charge in [-0.1, -0.05) is 12.1 Å². The molecule has 2 aromatic carbocycles. The quantitative estimate of drug-likeness (QED) is 0.880. The SMILES string of the molecule is COc1ccc(NC(=O)NC(=O)c2ccccc2N2CCCCC2)cc1. The van der Waals surface area contributed by atoms with Crippen molar-refractivity contribution in [3.05, 3.63) is 54.1 Å². The number of nitrogens with zero attached hydrogens (tertiary/aromatic N) is 1. The molecule has 0 unspecified atom stereocenters. The highest BCUT2D eigenvalue weighted by Crippen LogP contribution is 2.24. The molecular weight excluding hydrogens is 330 g/mol. The third-order valence-electron chi connectivity index (χ3n) is 4.42. The minimum atomic E-state index is -0.561. The second kappa shape index (κ2) is 8.38. The summed E-state index contributed by atoms with van der Waals surface area (Å²) < 4.78 is 5.08. The van der Waals surface area contributed by atoms with E-state index < -0.39 is 11.9 Å². The summed E-state index contributed by atoms with van der Waals surface area (Å²) in [5, 5.41) is 5.06. The molecule has 2 N–H and O–H groups in total. The van der Waals surface area contributed by atoms with Gasteiger partial charge in [0.2, 0.25) is 0 Å². The number of ether oxygens (including phenoxy) is 1. The molecular formula is C20H23N3O3. The molecule has 1 heterocycles. The number of imide groups is 1. The van der Waals surface area contributed by atoms with Crippen LogP contribution in [0.2, 0.25) is 0 Å². The molecule has 2 aromatic rings. The minimum absolute atomic E-state index is 0.405. The van der Waals surface area contributed by atoms with Crippen LogP contribution in [0.1, 0.15) is 29.6 Å². The standard InChI is InChI=1S/C20H23N3O3/c1-26-16-11-9-15(10-12-16)21-20(25)22-19(24)17-7-3-4-8-18(17)23-13-5-2-6-14-23/h3-4,7-12H,2,5-6,13-14H2,1H3,(H2,21,22,24,25). The van der Waals surface area contributed by atoms with Crippen molar-refractivity contribution in [3.8, 4) is 5.75 Å². The fourth-order valence-corrected chi connectivity index (χ4v) is 3.08. The molecule has 0 radical (unpaired) electrons. The summed E-state index contributed by atoms with van der Waals surface area (Å²) in [5.74, 6) is 0.291. The van der Waals surface area contributed by atoms with Crippen LogP contribution in [0, 0.1) is 0 Å². The van der Waals surface area contributed by atoms with E-state index in [-0.39, 0.29) is 0 Å². The molecule has 0 aromatic heterocycles. The van der Waals surface area contributed by atoms with Crippen molar-refractivity contribution >= 4 is 23.3 Å². The zero-order valence-electron chi connectivity index (χ0n) is 14.8. The van der Waals surface area contributed by atoms with Gasteiger partial charge in [-0.05, 0) is 55.7 Å². The maximum Gasteiger partial charge on any atom is 0.326 e. The van der Waals surface area contributed by atoms with Crippen molar-refractivity contribution in [2.75, 3.05) is 30.4 Å². The van der Waals surface area contributed by atoms with Gasteiger partial charge in [-0.25, -0.2) is 4.79 Å². The van der Waals surface area contributed by atoms with E-state index in [1.54, 1.807) is 37.4 Å². The molecule has 0 bridgehead atoms. The second-order valence-corrected chi connectivity index (χ2v) is 6.20. The molecule has 0 aliphatic carbocycles. The molecule has 3 rings (SSSR count). The smallest absolute Gasteiger partial charge is 0.326 e. The van der Waals surface area contributed by atoms with Gasteiger partial charge in [0.05, 0.1) is 12.7 Å². The van der Waals surface area contributed by atoms with Crippen molar-refractivity contribution in [3.63, 3.8) is 0 Å². The normalized spacial score (nSPS) is 13.8. The van der Waals surface area contributed by atoms with E-state index >= 15 is 0 Å². The highest BCUT2D eigenvalue weighted by atomic mass is 16.5. The third-order valence-corrected chi connectivity index (χ3v) is 4.42. The third kappa shape index (κ3) is 4.33. The molecule has 0 saturated carbocycles. The summed E-state index contributed by atoms with van der Waals surface area (Å²) >= 11 is 0. The van der Waals surface area contributed by atoms with Crippen molar-refractivity contribution in [2.45, 2.75) is 19.3 Å². The first-order chi connectivity index (χ1) is 12.7. The van der Waals surface area contributed by atoms with Gasteiger partial charge in [0, 0.05) is 24.5 Å². The van der Waals surface area contributed by atoms with E-state index in [9.17, 15) is 9.59 Å². The predicted molar refractivity (Wildman–Crippen MR) is 102 cm³/mol. The Morgan fingerprint density at radius 3 is 2.35 bits per heavy atom. The molecule has 26 heavy (non-hydrogen) atoms. The van der Waals surface area contributed by atoms with Gasteiger partial charge in [-0.2, -0.15) is 0 Å². The van der Waals surface area contributed by atoms with Crippen molar-refractivity contribution < 1.29 is 14.3 Å². The van der Waals surface area contributed by atoms with E-state index in [4.69, 9.17) is 4.74 Å². The number of amides is 3. The Kier molecular flexibility index (Phi) is 5.73. The molecule has 1 aliphatic rings. The first-order valence-corrected chi connectivity index (χ1v) is 8.78. The van der Waals surface area contributed by atoms with Crippen LogP contribution in [0.4, 0.5) is 16.2 Å². The number of methoxy groups -OCH3 is 1. The Hall–Kier alpha value is -3.02. The minimum Gasteiger partial charge on any atom is -0.497 e. The monoisotopic (exact) mass is 353 g/mol. The number of para-hydroxylation sites is 1. The molecule has 1 fully saturated rings. The number of carbonyl (C=O) groups excluding carboxylic acids is 2. The molecule has 0 spiro atoms. The maximum absolute atomic E-state index is 12.6. The highest BCUT2D eigenvalue weighted by molar-refractivity contribution is 6.10. The topological polar surface area (TPSA) is 70.7 Å². The number of hydrogen-bond acceptors (Lipinski definition) is 4. The van der Waals surface area contributed by atoms with Crippen LogP contribution >= 0.6 is 0 Å². The molecule has 3 amide bonds. The van der Waals surface area contributed by atoms with E-state index in [2.05, 4.69) is 15.5 Å². The van der Waals surface area contributed by atoms with Gasteiger partial charge < -0.3 is 15.0 Å². The van der Waals surface area contributed by atoms with Gasteiger partial charge in [-0.15, -0.1) is 0 Å². The van der Waals surface area contributed by atoms with Crippen molar-refractivity contribution in [1.82, 2.24) is 5.32 Å². The first-order valence-electron chi connectivity index (χ1n) is 8.78. The first kappa shape index (κ1) is 17.8. The largest absolute Gasteiger partial charge is 0.497 e. The lowest BCUT2D eigenvalue weighted by molar-refractivity contribution is 0.0967. The Bertz CT molecular complexity index is 768. The number of piperidine rings is 1. The van der Waals surface area contributed by atoms with Crippen LogP contribution in [-0.4, -0.2) is 32.1 Å². The fraction of sp³-hybridized carbons (Fsp3) is 0.300. The zero-order chi connectivity index (χ0) is 18.4. The lowest BCUT2D eigenvalue weighted by Gasteiger charge is -2.30. The van der Waals surface area contributed by atoms with Gasteiger partial charge in [0.15, 0.2) is 0 Å². The van der Waals surface area contributed by atoms with Crippen LogP contribution < -0.4 is 20.3 Å². The average Bonchev–Trinajstić information content (AvgIpc) is 2.69. The van der Waals surface area contributed by atoms with Crippen LogP contribution in [0.3, 0.4) is 0 Å². The zero-order valence-corrected chi connectivity index (χ0v) is 14.8. The summed E-state index contributed by atoms with van der Waals surface area (Å²) in [5.41, 5.74) is 1.97. The summed E-state index contributed by atoms with van der Waals surface area (Å²) in [6.07, 6.45) is 3.46. The van der Waals surface area contributed by atoms with Crippen molar-refractivity contribution in [1.29, 1.82) is 0 Å². The van der Waals surface area contributed by atoms with Gasteiger partial charge in [-0.3, -0.25) is 10.1 Å². The van der Waals surface area contributed by atoms with Gasteiger partial charge in [0.1, 0.15) is 5.75 Å². The Balaban J connectivity index is 1.66. The molecule has 6 nitrogen and oxygen atoms in total. The highest BCUT2D eigenvalue weighted by Gasteiger charge is 2.19. The Labute approximate surface area is 153 Å². The van der Waals surface area contributed by atoms with Crippen LogP contribution in [0.25, 0.3) is 0 Å². The number of anilines is 2. The lowest BCUT2D eigenvalue weighted by Crippen LogP contribution is -2.36. The molecule has 1 saturated heterocycles. The van der Waals surface area contributed by atoms with Crippen LogP contribution in [0.15, 0.2) is 48.5 Å². The van der Waals surface area contributed by atoms with E-state index in [0.717, 1.165) is 31.6 Å². The maximum atomic E-state index is 12.6. The van der Waals surface area contributed by atoms with Gasteiger partial charge in [0.25, 0.3) is 5.91 Å². The summed E-state index contributed by atoms with van der Waals surface area (Å²) in [6.45, 7) is 1.87. The van der Waals surface area contributed by atoms with Crippen molar-refractivity contribution in [2.24, 2.45) is 0 Å². The Morgan fingerprint density at radius 1 is 0.962 bits per heavy atom. The summed E-state index contributed by atoms with van der Waals surface area (Å²) in [6, 6.07) is 13.7. The number of benzene rings is 2.